The first-order chi connectivity index (χ1) is 14.7. The molecule has 1 unspecified atom stereocenters. The first-order valence-corrected chi connectivity index (χ1v) is 11.4. The summed E-state index contributed by atoms with van der Waals surface area (Å²) in [7, 11) is 1.70. The van der Waals surface area contributed by atoms with Crippen molar-refractivity contribution in [3.63, 3.8) is 0 Å². The van der Waals surface area contributed by atoms with Crippen LogP contribution in [0.25, 0.3) is 0 Å². The maximum atomic E-state index is 13.3. The van der Waals surface area contributed by atoms with E-state index in [4.69, 9.17) is 4.74 Å². The quantitative estimate of drug-likeness (QED) is 0.462. The van der Waals surface area contributed by atoms with Crippen molar-refractivity contribution in [2.45, 2.75) is 24.2 Å². The maximum absolute atomic E-state index is 13.3. The SMILES string of the molecule is COc1cccc(CN2CCN(Cc3ccc(F)cc3)C2c2ccc(SC)cc2)c1. The van der Waals surface area contributed by atoms with Gasteiger partial charge in [-0.05, 0) is 59.3 Å². The molecule has 156 valence electrons. The highest BCUT2D eigenvalue weighted by atomic mass is 32.2. The third-order valence-corrected chi connectivity index (χ3v) is 6.34. The molecule has 4 rings (SSSR count). The second-order valence-electron chi connectivity index (χ2n) is 7.57. The van der Waals surface area contributed by atoms with Gasteiger partial charge < -0.3 is 4.74 Å². The van der Waals surface area contributed by atoms with Crippen LogP contribution in [-0.4, -0.2) is 36.3 Å². The van der Waals surface area contributed by atoms with E-state index in [-0.39, 0.29) is 12.0 Å². The standard InChI is InChI=1S/C25H27FN2OS/c1-29-23-5-3-4-20(16-23)18-28-15-14-27(17-19-6-10-22(26)11-7-19)25(28)21-8-12-24(30-2)13-9-21/h3-13,16,25H,14-15,17-18H2,1-2H3. The van der Waals surface area contributed by atoms with Crippen LogP contribution in [0.2, 0.25) is 0 Å². The number of rotatable bonds is 7. The Morgan fingerprint density at radius 1 is 0.900 bits per heavy atom. The Morgan fingerprint density at radius 2 is 1.57 bits per heavy atom. The van der Waals surface area contributed by atoms with E-state index in [0.29, 0.717) is 0 Å². The fourth-order valence-corrected chi connectivity index (χ4v) is 4.50. The van der Waals surface area contributed by atoms with E-state index in [1.807, 2.05) is 24.3 Å². The number of ether oxygens (including phenoxy) is 1. The normalized spacial score (nSPS) is 17.4. The molecule has 3 aromatic rings. The summed E-state index contributed by atoms with van der Waals surface area (Å²) in [5.74, 6) is 0.694. The van der Waals surface area contributed by atoms with Gasteiger partial charge in [-0.1, -0.05) is 36.4 Å². The lowest BCUT2D eigenvalue weighted by Gasteiger charge is -2.31. The van der Waals surface area contributed by atoms with Crippen LogP contribution in [0.5, 0.6) is 5.75 Å². The average molecular weight is 423 g/mol. The minimum Gasteiger partial charge on any atom is -0.497 e. The summed E-state index contributed by atoms with van der Waals surface area (Å²) in [6.07, 6.45) is 2.28. The lowest BCUT2D eigenvalue weighted by molar-refractivity contribution is 0.125. The Bertz CT molecular complexity index is 962. The van der Waals surface area contributed by atoms with E-state index in [2.05, 4.69) is 52.5 Å². The first-order valence-electron chi connectivity index (χ1n) is 10.2. The Labute approximate surface area is 182 Å². The molecule has 0 aromatic heterocycles. The molecule has 0 aliphatic carbocycles. The van der Waals surface area contributed by atoms with Crippen LogP contribution >= 0.6 is 11.8 Å². The number of hydrogen-bond acceptors (Lipinski definition) is 4. The molecule has 1 atom stereocenters. The van der Waals surface area contributed by atoms with E-state index in [0.717, 1.165) is 37.5 Å². The summed E-state index contributed by atoms with van der Waals surface area (Å²) in [5.41, 5.74) is 3.66. The molecule has 3 aromatic carbocycles. The van der Waals surface area contributed by atoms with Gasteiger partial charge in [-0.15, -0.1) is 11.8 Å². The van der Waals surface area contributed by atoms with E-state index in [9.17, 15) is 4.39 Å². The molecule has 0 saturated carbocycles. The molecule has 0 bridgehead atoms. The van der Waals surface area contributed by atoms with Gasteiger partial charge in [0, 0.05) is 31.1 Å². The van der Waals surface area contributed by atoms with Crippen LogP contribution in [0, 0.1) is 5.82 Å². The predicted octanol–water partition coefficient (Wildman–Crippen LogP) is 5.57. The van der Waals surface area contributed by atoms with Gasteiger partial charge in [0.15, 0.2) is 0 Å². The second-order valence-corrected chi connectivity index (χ2v) is 8.45. The molecule has 0 N–H and O–H groups in total. The van der Waals surface area contributed by atoms with Gasteiger partial charge in [-0.2, -0.15) is 0 Å². The molecule has 30 heavy (non-hydrogen) atoms. The van der Waals surface area contributed by atoms with Crippen LogP contribution in [0.1, 0.15) is 22.9 Å². The molecule has 1 fully saturated rings. The molecular weight excluding hydrogens is 395 g/mol. The molecule has 1 aliphatic heterocycles. The third-order valence-electron chi connectivity index (χ3n) is 5.60. The zero-order valence-corrected chi connectivity index (χ0v) is 18.2. The van der Waals surface area contributed by atoms with Gasteiger partial charge in [-0.25, -0.2) is 4.39 Å². The Hall–Kier alpha value is -2.34. The van der Waals surface area contributed by atoms with Crippen LogP contribution in [0.3, 0.4) is 0 Å². The van der Waals surface area contributed by atoms with Crippen molar-refractivity contribution in [2.24, 2.45) is 0 Å². The minimum absolute atomic E-state index is 0.178. The predicted molar refractivity (Wildman–Crippen MR) is 121 cm³/mol. The number of halogens is 1. The maximum Gasteiger partial charge on any atom is 0.123 e. The first kappa shape index (κ1) is 20.9. The Balaban J connectivity index is 1.60. The molecule has 5 heteroatoms. The minimum atomic E-state index is -0.191. The Kier molecular flexibility index (Phi) is 6.72. The average Bonchev–Trinajstić information content (AvgIpc) is 3.17. The molecule has 0 amide bonds. The van der Waals surface area contributed by atoms with Gasteiger partial charge in [-0.3, -0.25) is 9.80 Å². The topological polar surface area (TPSA) is 15.7 Å². The van der Waals surface area contributed by atoms with Crippen LogP contribution in [0.4, 0.5) is 4.39 Å². The summed E-state index contributed by atoms with van der Waals surface area (Å²) in [6, 6.07) is 24.0. The highest BCUT2D eigenvalue weighted by Crippen LogP contribution is 2.34. The van der Waals surface area contributed by atoms with Crippen molar-refractivity contribution in [2.75, 3.05) is 26.5 Å². The number of benzene rings is 3. The van der Waals surface area contributed by atoms with E-state index >= 15 is 0 Å². The van der Waals surface area contributed by atoms with Crippen LogP contribution in [0.15, 0.2) is 77.7 Å². The van der Waals surface area contributed by atoms with E-state index in [1.54, 1.807) is 31.0 Å². The lowest BCUT2D eigenvalue weighted by Crippen LogP contribution is -2.30. The zero-order valence-electron chi connectivity index (χ0n) is 17.4. The molecule has 1 heterocycles. The van der Waals surface area contributed by atoms with E-state index in [1.165, 1.54) is 16.0 Å². The van der Waals surface area contributed by atoms with Gasteiger partial charge in [0.25, 0.3) is 0 Å². The molecule has 0 radical (unpaired) electrons. The van der Waals surface area contributed by atoms with Crippen molar-refractivity contribution in [3.8, 4) is 5.75 Å². The zero-order chi connectivity index (χ0) is 20.9. The van der Waals surface area contributed by atoms with Crippen LogP contribution in [-0.2, 0) is 13.1 Å². The van der Waals surface area contributed by atoms with Crippen molar-refractivity contribution in [1.82, 2.24) is 9.80 Å². The highest BCUT2D eigenvalue weighted by molar-refractivity contribution is 7.98. The number of nitrogens with zero attached hydrogens (tertiary/aromatic N) is 2. The molecule has 1 saturated heterocycles. The number of methoxy groups -OCH3 is 1. The smallest absolute Gasteiger partial charge is 0.123 e. The summed E-state index contributed by atoms with van der Waals surface area (Å²) in [6.45, 7) is 3.60. The monoisotopic (exact) mass is 422 g/mol. The summed E-state index contributed by atoms with van der Waals surface area (Å²) >= 11 is 1.76. The fourth-order valence-electron chi connectivity index (χ4n) is 4.09. The number of hydrogen-bond donors (Lipinski definition) is 0. The lowest BCUT2D eigenvalue weighted by atomic mass is 10.1. The van der Waals surface area contributed by atoms with Crippen molar-refractivity contribution < 1.29 is 9.13 Å². The van der Waals surface area contributed by atoms with Gasteiger partial charge in [0.1, 0.15) is 11.6 Å². The van der Waals surface area contributed by atoms with Crippen molar-refractivity contribution in [1.29, 1.82) is 0 Å². The molecular formula is C25H27FN2OS. The van der Waals surface area contributed by atoms with Gasteiger partial charge in [0.05, 0.1) is 13.3 Å². The molecule has 3 nitrogen and oxygen atoms in total. The summed E-state index contributed by atoms with van der Waals surface area (Å²) in [4.78, 5) is 6.25. The van der Waals surface area contributed by atoms with Crippen molar-refractivity contribution in [3.05, 3.63) is 95.3 Å². The highest BCUT2D eigenvalue weighted by Gasteiger charge is 2.33. The summed E-state index contributed by atoms with van der Waals surface area (Å²) < 4.78 is 18.7. The third kappa shape index (κ3) is 4.86. The Morgan fingerprint density at radius 3 is 2.20 bits per heavy atom. The fraction of sp³-hybridized carbons (Fsp3) is 0.280. The molecule has 0 spiro atoms. The molecule has 1 aliphatic rings. The van der Waals surface area contributed by atoms with Gasteiger partial charge >= 0.3 is 0 Å². The van der Waals surface area contributed by atoms with Crippen LogP contribution < -0.4 is 4.74 Å². The summed E-state index contributed by atoms with van der Waals surface area (Å²) in [5, 5.41) is 0. The largest absolute Gasteiger partial charge is 0.497 e. The van der Waals surface area contributed by atoms with Gasteiger partial charge in [0.2, 0.25) is 0 Å². The van der Waals surface area contributed by atoms with Crippen molar-refractivity contribution >= 4 is 11.8 Å². The van der Waals surface area contributed by atoms with E-state index < -0.39 is 0 Å². The number of thioether (sulfide) groups is 1. The second kappa shape index (κ2) is 9.65.